The molecular formula is C15H18N2O. The zero-order chi connectivity index (χ0) is 12.4. The van der Waals surface area contributed by atoms with Gasteiger partial charge in [0.25, 0.3) is 0 Å². The highest BCUT2D eigenvalue weighted by molar-refractivity contribution is 5.91. The molecule has 0 radical (unpaired) electrons. The molecule has 1 unspecified atom stereocenters. The number of aromatic nitrogens is 1. The van der Waals surface area contributed by atoms with Crippen molar-refractivity contribution in [3.63, 3.8) is 0 Å². The number of hydrogen-bond donors (Lipinski definition) is 1. The second kappa shape index (κ2) is 4.94. The van der Waals surface area contributed by atoms with E-state index in [4.69, 9.17) is 5.11 Å². The van der Waals surface area contributed by atoms with Gasteiger partial charge in [-0.1, -0.05) is 18.2 Å². The third-order valence-corrected chi connectivity index (χ3v) is 3.77. The smallest absolute Gasteiger partial charge is 0.0722 e. The topological polar surface area (TPSA) is 36.4 Å². The van der Waals surface area contributed by atoms with Crippen LogP contribution in [-0.4, -0.2) is 29.3 Å². The van der Waals surface area contributed by atoms with Crippen LogP contribution in [0.5, 0.6) is 0 Å². The van der Waals surface area contributed by atoms with Crippen molar-refractivity contribution < 1.29 is 5.11 Å². The van der Waals surface area contributed by atoms with E-state index in [1.54, 1.807) is 0 Å². The van der Waals surface area contributed by atoms with Crippen LogP contribution < -0.4 is 4.90 Å². The van der Waals surface area contributed by atoms with Gasteiger partial charge in [0.1, 0.15) is 0 Å². The van der Waals surface area contributed by atoms with E-state index < -0.39 is 0 Å². The Bertz CT molecular complexity index is 536. The van der Waals surface area contributed by atoms with Crippen LogP contribution in [0.25, 0.3) is 10.9 Å². The predicted octanol–water partition coefficient (Wildman–Crippen LogP) is 2.59. The zero-order valence-corrected chi connectivity index (χ0v) is 10.4. The first kappa shape index (κ1) is 11.5. The van der Waals surface area contributed by atoms with Gasteiger partial charge in [0, 0.05) is 36.5 Å². The Morgan fingerprint density at radius 1 is 1.28 bits per heavy atom. The molecule has 2 heterocycles. The summed E-state index contributed by atoms with van der Waals surface area (Å²) in [5, 5.41) is 10.4. The van der Waals surface area contributed by atoms with Crippen LogP contribution in [0.3, 0.4) is 0 Å². The van der Waals surface area contributed by atoms with E-state index in [1.165, 1.54) is 23.9 Å². The van der Waals surface area contributed by atoms with Gasteiger partial charge in [-0.2, -0.15) is 0 Å². The van der Waals surface area contributed by atoms with E-state index in [1.807, 2.05) is 12.3 Å². The zero-order valence-electron chi connectivity index (χ0n) is 10.4. The summed E-state index contributed by atoms with van der Waals surface area (Å²) in [6.07, 6.45) is 5.13. The fourth-order valence-electron chi connectivity index (χ4n) is 2.93. The van der Waals surface area contributed by atoms with Crippen molar-refractivity contribution in [2.75, 3.05) is 18.1 Å². The SMILES string of the molecule is OCCC1CCCN1c1ccnc2ccccc12. The molecule has 18 heavy (non-hydrogen) atoms. The van der Waals surface area contributed by atoms with Gasteiger partial charge >= 0.3 is 0 Å². The van der Waals surface area contributed by atoms with E-state index in [0.717, 1.165) is 18.5 Å². The van der Waals surface area contributed by atoms with Gasteiger partial charge in [0.15, 0.2) is 0 Å². The van der Waals surface area contributed by atoms with Gasteiger partial charge in [0.2, 0.25) is 0 Å². The van der Waals surface area contributed by atoms with Gasteiger partial charge in [-0.25, -0.2) is 0 Å². The van der Waals surface area contributed by atoms with Crippen molar-refractivity contribution in [3.8, 4) is 0 Å². The summed E-state index contributed by atoms with van der Waals surface area (Å²) in [6.45, 7) is 1.35. The van der Waals surface area contributed by atoms with Crippen LogP contribution in [0.4, 0.5) is 5.69 Å². The molecular weight excluding hydrogens is 224 g/mol. The normalized spacial score (nSPS) is 19.6. The second-order valence-corrected chi connectivity index (χ2v) is 4.85. The Morgan fingerprint density at radius 3 is 3.06 bits per heavy atom. The lowest BCUT2D eigenvalue weighted by molar-refractivity contribution is 0.276. The number of hydrogen-bond acceptors (Lipinski definition) is 3. The average molecular weight is 242 g/mol. The molecule has 0 aliphatic carbocycles. The van der Waals surface area contributed by atoms with Gasteiger partial charge in [0.05, 0.1) is 5.52 Å². The molecule has 3 rings (SSSR count). The molecule has 1 aromatic carbocycles. The third kappa shape index (κ3) is 1.95. The number of para-hydroxylation sites is 1. The molecule has 1 aliphatic rings. The number of aliphatic hydroxyl groups excluding tert-OH is 1. The minimum atomic E-state index is 0.268. The largest absolute Gasteiger partial charge is 0.396 e. The molecule has 1 N–H and O–H groups in total. The van der Waals surface area contributed by atoms with E-state index in [9.17, 15) is 0 Å². The molecule has 3 heteroatoms. The summed E-state index contributed by atoms with van der Waals surface area (Å²) >= 11 is 0. The molecule has 1 atom stereocenters. The summed E-state index contributed by atoms with van der Waals surface area (Å²) < 4.78 is 0. The van der Waals surface area contributed by atoms with Crippen LogP contribution in [0, 0.1) is 0 Å². The van der Waals surface area contributed by atoms with Crippen molar-refractivity contribution in [3.05, 3.63) is 36.5 Å². The lowest BCUT2D eigenvalue weighted by Gasteiger charge is -2.27. The van der Waals surface area contributed by atoms with Crippen molar-refractivity contribution >= 4 is 16.6 Å². The Labute approximate surface area is 107 Å². The summed E-state index contributed by atoms with van der Waals surface area (Å²) in [4.78, 5) is 6.84. The van der Waals surface area contributed by atoms with Crippen molar-refractivity contribution in [2.24, 2.45) is 0 Å². The van der Waals surface area contributed by atoms with Crippen LogP contribution in [0.2, 0.25) is 0 Å². The molecule has 1 saturated heterocycles. The van der Waals surface area contributed by atoms with E-state index in [-0.39, 0.29) is 6.61 Å². The minimum absolute atomic E-state index is 0.268. The fraction of sp³-hybridized carbons (Fsp3) is 0.400. The molecule has 1 fully saturated rings. The van der Waals surface area contributed by atoms with Crippen LogP contribution in [-0.2, 0) is 0 Å². The highest BCUT2D eigenvalue weighted by Gasteiger charge is 2.25. The molecule has 0 saturated carbocycles. The van der Waals surface area contributed by atoms with E-state index in [2.05, 4.69) is 34.1 Å². The van der Waals surface area contributed by atoms with Crippen LogP contribution in [0.1, 0.15) is 19.3 Å². The quantitative estimate of drug-likeness (QED) is 0.898. The Morgan fingerprint density at radius 2 is 2.17 bits per heavy atom. The maximum Gasteiger partial charge on any atom is 0.0722 e. The maximum atomic E-state index is 9.17. The molecule has 0 amide bonds. The molecule has 1 aromatic heterocycles. The fourth-order valence-corrected chi connectivity index (χ4v) is 2.93. The standard InChI is InChI=1S/C15H18N2O/c18-11-8-12-4-3-10-17(12)15-7-9-16-14-6-2-1-5-13(14)15/h1-2,5-7,9,12,18H,3-4,8,10-11H2. The lowest BCUT2D eigenvalue weighted by atomic mass is 10.1. The van der Waals surface area contributed by atoms with Gasteiger partial charge in [-0.15, -0.1) is 0 Å². The predicted molar refractivity (Wildman–Crippen MR) is 73.8 cm³/mol. The molecule has 1 aliphatic heterocycles. The van der Waals surface area contributed by atoms with Crippen LogP contribution >= 0.6 is 0 Å². The Kier molecular flexibility index (Phi) is 3.15. The van der Waals surface area contributed by atoms with Crippen molar-refractivity contribution in [1.82, 2.24) is 4.98 Å². The molecule has 0 bridgehead atoms. The summed E-state index contributed by atoms with van der Waals surface area (Å²) in [5.41, 5.74) is 2.31. The van der Waals surface area contributed by atoms with Gasteiger partial charge in [-0.05, 0) is 31.4 Å². The molecule has 2 aromatic rings. The van der Waals surface area contributed by atoms with Crippen molar-refractivity contribution in [1.29, 1.82) is 0 Å². The number of rotatable bonds is 3. The first-order valence-electron chi connectivity index (χ1n) is 6.61. The van der Waals surface area contributed by atoms with E-state index in [0.29, 0.717) is 6.04 Å². The summed E-state index contributed by atoms with van der Waals surface area (Å²) in [6, 6.07) is 10.8. The second-order valence-electron chi connectivity index (χ2n) is 4.85. The molecule has 94 valence electrons. The Balaban J connectivity index is 2.03. The third-order valence-electron chi connectivity index (χ3n) is 3.77. The minimum Gasteiger partial charge on any atom is -0.396 e. The number of fused-ring (bicyclic) bond motifs is 1. The highest BCUT2D eigenvalue weighted by Crippen LogP contribution is 2.32. The average Bonchev–Trinajstić information content (AvgIpc) is 2.87. The monoisotopic (exact) mass is 242 g/mol. The number of aliphatic hydroxyl groups is 1. The van der Waals surface area contributed by atoms with Gasteiger partial charge in [-0.3, -0.25) is 4.98 Å². The highest BCUT2D eigenvalue weighted by atomic mass is 16.3. The summed E-state index contributed by atoms with van der Waals surface area (Å²) in [5.74, 6) is 0. The van der Waals surface area contributed by atoms with Crippen molar-refractivity contribution in [2.45, 2.75) is 25.3 Å². The van der Waals surface area contributed by atoms with Crippen LogP contribution in [0.15, 0.2) is 36.5 Å². The first-order valence-corrected chi connectivity index (χ1v) is 6.61. The molecule has 0 spiro atoms. The number of nitrogens with zero attached hydrogens (tertiary/aromatic N) is 2. The lowest BCUT2D eigenvalue weighted by Crippen LogP contribution is -2.30. The molecule has 3 nitrogen and oxygen atoms in total. The first-order chi connectivity index (χ1) is 8.90. The summed E-state index contributed by atoms with van der Waals surface area (Å²) in [7, 11) is 0. The number of pyridine rings is 1. The number of benzene rings is 1. The Hall–Kier alpha value is -1.61. The van der Waals surface area contributed by atoms with E-state index >= 15 is 0 Å². The maximum absolute atomic E-state index is 9.17. The number of anilines is 1. The van der Waals surface area contributed by atoms with Gasteiger partial charge < -0.3 is 10.0 Å².